The van der Waals surface area contributed by atoms with Crippen molar-refractivity contribution in [2.24, 2.45) is 5.92 Å². The summed E-state index contributed by atoms with van der Waals surface area (Å²) in [6, 6.07) is 14.0. The van der Waals surface area contributed by atoms with Gasteiger partial charge in [-0.15, -0.1) is 0 Å². The van der Waals surface area contributed by atoms with Crippen molar-refractivity contribution in [1.82, 2.24) is 25.4 Å². The lowest BCUT2D eigenvalue weighted by Gasteiger charge is -2.14. The van der Waals surface area contributed by atoms with Gasteiger partial charge in [-0.1, -0.05) is 18.2 Å². The minimum absolute atomic E-state index is 0.251. The quantitative estimate of drug-likeness (QED) is 0.630. The molecule has 0 spiro atoms. The molecule has 0 radical (unpaired) electrons. The minimum Gasteiger partial charge on any atom is -0.391 e. The molecule has 1 saturated heterocycles. The first-order valence-electron chi connectivity index (χ1n) is 8.95. The van der Waals surface area contributed by atoms with Gasteiger partial charge < -0.3 is 15.7 Å². The van der Waals surface area contributed by atoms with Crippen molar-refractivity contribution in [2.75, 3.05) is 19.6 Å². The van der Waals surface area contributed by atoms with Gasteiger partial charge in [0.15, 0.2) is 0 Å². The molecule has 2 atom stereocenters. The lowest BCUT2D eigenvalue weighted by Crippen LogP contribution is -2.30. The van der Waals surface area contributed by atoms with Gasteiger partial charge in [-0.3, -0.25) is 4.98 Å². The molecule has 3 heterocycles. The van der Waals surface area contributed by atoms with Gasteiger partial charge in [-0.05, 0) is 24.3 Å². The fraction of sp³-hybridized carbons (Fsp3) is 0.300. The van der Waals surface area contributed by atoms with Gasteiger partial charge in [0.05, 0.1) is 17.5 Å². The maximum Gasteiger partial charge on any atom is 0.0988 e. The summed E-state index contributed by atoms with van der Waals surface area (Å²) >= 11 is 0. The van der Waals surface area contributed by atoms with Crippen LogP contribution < -0.4 is 10.6 Å². The molecule has 0 aliphatic carbocycles. The zero-order chi connectivity index (χ0) is 17.8. The number of aliphatic hydroxyl groups is 1. The summed E-state index contributed by atoms with van der Waals surface area (Å²) < 4.78 is 1.91. The summed E-state index contributed by atoms with van der Waals surface area (Å²) in [6.07, 6.45) is 5.40. The van der Waals surface area contributed by atoms with Crippen LogP contribution in [-0.2, 0) is 6.54 Å². The number of benzene rings is 1. The molecule has 134 valence electrons. The van der Waals surface area contributed by atoms with Crippen LogP contribution in [0.15, 0.2) is 61.1 Å². The molecular weight excluding hydrogens is 326 g/mol. The average molecular weight is 349 g/mol. The third-order valence-corrected chi connectivity index (χ3v) is 4.77. The summed E-state index contributed by atoms with van der Waals surface area (Å²) in [6.45, 7) is 3.00. The molecule has 2 unspecified atom stereocenters. The predicted octanol–water partition coefficient (Wildman–Crippen LogP) is 1.60. The van der Waals surface area contributed by atoms with Gasteiger partial charge in [0.1, 0.15) is 0 Å². The molecule has 26 heavy (non-hydrogen) atoms. The van der Waals surface area contributed by atoms with Crippen molar-refractivity contribution in [1.29, 1.82) is 0 Å². The van der Waals surface area contributed by atoms with Gasteiger partial charge in [0.25, 0.3) is 0 Å². The zero-order valence-corrected chi connectivity index (χ0v) is 14.5. The number of aliphatic hydroxyl groups excluding tert-OH is 1. The number of pyridine rings is 1. The van der Waals surface area contributed by atoms with Crippen molar-refractivity contribution in [2.45, 2.75) is 12.6 Å². The van der Waals surface area contributed by atoms with Crippen molar-refractivity contribution in [3.8, 4) is 16.9 Å². The van der Waals surface area contributed by atoms with Crippen molar-refractivity contribution in [3.05, 3.63) is 66.6 Å². The van der Waals surface area contributed by atoms with E-state index in [2.05, 4.69) is 21.8 Å². The van der Waals surface area contributed by atoms with E-state index in [0.717, 1.165) is 35.6 Å². The molecule has 1 aromatic carbocycles. The molecule has 0 bridgehead atoms. The molecule has 3 aromatic rings. The number of aromatic nitrogens is 3. The largest absolute Gasteiger partial charge is 0.391 e. The number of hydrogen-bond donors (Lipinski definition) is 3. The van der Waals surface area contributed by atoms with Gasteiger partial charge in [-0.25, -0.2) is 4.68 Å². The summed E-state index contributed by atoms with van der Waals surface area (Å²) in [5, 5.41) is 21.4. The van der Waals surface area contributed by atoms with Crippen LogP contribution in [0.2, 0.25) is 0 Å². The number of nitrogens with one attached hydrogen (secondary N) is 2. The van der Waals surface area contributed by atoms with Crippen LogP contribution in [-0.4, -0.2) is 45.6 Å². The van der Waals surface area contributed by atoms with Gasteiger partial charge in [-0.2, -0.15) is 5.10 Å². The first-order chi connectivity index (χ1) is 12.8. The van der Waals surface area contributed by atoms with Crippen LogP contribution in [0.5, 0.6) is 0 Å². The number of β-amino-alcohol motifs (C(OH)–C–C–N with tert-alkyl or cyclic N) is 1. The van der Waals surface area contributed by atoms with Gasteiger partial charge in [0, 0.05) is 61.8 Å². The van der Waals surface area contributed by atoms with Crippen molar-refractivity contribution >= 4 is 0 Å². The predicted molar refractivity (Wildman–Crippen MR) is 101 cm³/mol. The fourth-order valence-corrected chi connectivity index (χ4v) is 3.32. The summed E-state index contributed by atoms with van der Waals surface area (Å²) in [7, 11) is 0. The topological polar surface area (TPSA) is 75.0 Å². The minimum atomic E-state index is -0.271. The molecule has 6 nitrogen and oxygen atoms in total. The monoisotopic (exact) mass is 349 g/mol. The van der Waals surface area contributed by atoms with Crippen molar-refractivity contribution in [3.63, 3.8) is 0 Å². The Bertz CT molecular complexity index is 834. The molecule has 1 fully saturated rings. The van der Waals surface area contributed by atoms with E-state index in [1.165, 1.54) is 0 Å². The molecule has 0 saturated carbocycles. The van der Waals surface area contributed by atoms with Crippen LogP contribution in [0.3, 0.4) is 0 Å². The summed E-state index contributed by atoms with van der Waals surface area (Å²) in [4.78, 5) is 4.23. The summed E-state index contributed by atoms with van der Waals surface area (Å²) in [5.74, 6) is 0.251. The van der Waals surface area contributed by atoms with E-state index in [4.69, 9.17) is 5.10 Å². The normalized spacial score (nSPS) is 19.7. The SMILES string of the molecule is OC1CNCC1CNCc1cn(-c2ccccc2)nc1-c1cccnc1. The lowest BCUT2D eigenvalue weighted by molar-refractivity contribution is 0.146. The van der Waals surface area contributed by atoms with E-state index in [0.29, 0.717) is 13.1 Å². The highest BCUT2D eigenvalue weighted by Crippen LogP contribution is 2.23. The maximum atomic E-state index is 9.94. The second-order valence-electron chi connectivity index (χ2n) is 6.64. The summed E-state index contributed by atoms with van der Waals surface area (Å²) in [5.41, 5.74) is 4.07. The zero-order valence-electron chi connectivity index (χ0n) is 14.5. The second kappa shape index (κ2) is 7.78. The van der Waals surface area contributed by atoms with Crippen molar-refractivity contribution < 1.29 is 5.11 Å². The molecule has 2 aromatic heterocycles. The first kappa shape index (κ1) is 16.9. The van der Waals surface area contributed by atoms with Crippen LogP contribution in [0, 0.1) is 5.92 Å². The van der Waals surface area contributed by atoms with E-state index in [9.17, 15) is 5.11 Å². The smallest absolute Gasteiger partial charge is 0.0988 e. The molecule has 6 heteroatoms. The first-order valence-corrected chi connectivity index (χ1v) is 8.95. The third kappa shape index (κ3) is 3.67. The highest BCUT2D eigenvalue weighted by molar-refractivity contribution is 5.62. The second-order valence-corrected chi connectivity index (χ2v) is 6.64. The van der Waals surface area contributed by atoms with Crippen LogP contribution in [0.25, 0.3) is 16.9 Å². The Morgan fingerprint density at radius 1 is 1.15 bits per heavy atom. The fourth-order valence-electron chi connectivity index (χ4n) is 3.32. The standard InChI is InChI=1S/C20H23N5O/c26-19-13-23-11-16(19)10-22-12-17-14-25(18-6-2-1-3-7-18)24-20(17)15-5-4-8-21-9-15/h1-9,14,16,19,22-23,26H,10-13H2. The molecular formula is C20H23N5O. The van der Waals surface area contributed by atoms with Crippen LogP contribution in [0.4, 0.5) is 0 Å². The van der Waals surface area contributed by atoms with E-state index >= 15 is 0 Å². The van der Waals surface area contributed by atoms with Gasteiger partial charge >= 0.3 is 0 Å². The van der Waals surface area contributed by atoms with E-state index in [1.54, 1.807) is 6.20 Å². The number of para-hydroxylation sites is 1. The number of nitrogens with zero attached hydrogens (tertiary/aromatic N) is 3. The Balaban J connectivity index is 1.56. The Hall–Kier alpha value is -2.54. The molecule has 0 amide bonds. The maximum absolute atomic E-state index is 9.94. The van der Waals surface area contributed by atoms with E-state index in [1.807, 2.05) is 53.3 Å². The van der Waals surface area contributed by atoms with E-state index in [-0.39, 0.29) is 12.0 Å². The highest BCUT2D eigenvalue weighted by Gasteiger charge is 2.24. The Morgan fingerprint density at radius 2 is 2.04 bits per heavy atom. The molecule has 1 aliphatic heterocycles. The Labute approximate surface area is 152 Å². The van der Waals surface area contributed by atoms with Crippen LogP contribution >= 0.6 is 0 Å². The molecule has 1 aliphatic rings. The molecule has 3 N–H and O–H groups in total. The Kier molecular flexibility index (Phi) is 5.06. The number of rotatable bonds is 6. The Morgan fingerprint density at radius 3 is 2.77 bits per heavy atom. The van der Waals surface area contributed by atoms with Crippen LogP contribution in [0.1, 0.15) is 5.56 Å². The third-order valence-electron chi connectivity index (χ3n) is 4.77. The van der Waals surface area contributed by atoms with Gasteiger partial charge in [0.2, 0.25) is 0 Å². The number of hydrogen-bond acceptors (Lipinski definition) is 5. The lowest BCUT2D eigenvalue weighted by atomic mass is 10.1. The van der Waals surface area contributed by atoms with E-state index < -0.39 is 0 Å². The molecule has 4 rings (SSSR count). The average Bonchev–Trinajstić information content (AvgIpc) is 3.30. The highest BCUT2D eigenvalue weighted by atomic mass is 16.3.